The minimum atomic E-state index is -1.65. The van der Waals surface area contributed by atoms with Gasteiger partial charge in [0.25, 0.3) is 0 Å². The average Bonchev–Trinajstić information content (AvgIpc) is 3.91. The molecule has 4 aliphatic carbocycles. The van der Waals surface area contributed by atoms with Gasteiger partial charge in [0, 0.05) is 64.1 Å². The van der Waals surface area contributed by atoms with Crippen molar-refractivity contribution in [2.75, 3.05) is 20.8 Å². The van der Waals surface area contributed by atoms with Crippen LogP contribution in [0.2, 0.25) is 0 Å². The van der Waals surface area contributed by atoms with Gasteiger partial charge in [-0.15, -0.1) is 0 Å². The number of hydrogen-bond donors (Lipinski definition) is 8. The van der Waals surface area contributed by atoms with Crippen molar-refractivity contribution in [3.8, 4) is 0 Å². The Morgan fingerprint density at radius 2 is 1.15 bits per heavy atom. The molecule has 5 aliphatic heterocycles. The van der Waals surface area contributed by atoms with Gasteiger partial charge in [0.05, 0.1) is 61.5 Å². The molecule has 0 aromatic carbocycles. The largest absolute Gasteiger partial charge is 0.462 e. The van der Waals surface area contributed by atoms with Gasteiger partial charge < -0.3 is 102 Å². The molecule has 29 atom stereocenters. The molecule has 78 heavy (non-hydrogen) atoms. The second kappa shape index (κ2) is 23.6. The molecule has 8 N–H and O–H groups in total. The normalized spacial score (nSPS) is 52.6. The molecule has 446 valence electrons. The summed E-state index contributed by atoms with van der Waals surface area (Å²) in [5.74, 6) is -1.57. The number of ketones is 1. The predicted octanol–water partition coefficient (Wildman–Crippen LogP) is 0.943. The van der Waals surface area contributed by atoms with Crippen LogP contribution < -0.4 is 0 Å². The van der Waals surface area contributed by atoms with Crippen LogP contribution in [0, 0.1) is 22.7 Å². The van der Waals surface area contributed by atoms with Gasteiger partial charge in [0.2, 0.25) is 0 Å². The van der Waals surface area contributed by atoms with E-state index in [1.54, 1.807) is 27.9 Å². The first-order valence-electron chi connectivity index (χ1n) is 28.2. The maximum atomic E-state index is 13.0. The lowest BCUT2D eigenvalue weighted by Crippen LogP contribution is -2.75. The number of esters is 1. The first-order chi connectivity index (χ1) is 36.8. The fourth-order valence-electron chi connectivity index (χ4n) is 15.4. The van der Waals surface area contributed by atoms with E-state index in [1.165, 1.54) is 21.0 Å². The highest BCUT2D eigenvalue weighted by Crippen LogP contribution is 2.70. The smallest absolute Gasteiger partial charge is 0.302 e. The first kappa shape index (κ1) is 60.7. The lowest BCUT2D eigenvalue weighted by atomic mass is 9.43. The molecule has 5 saturated heterocycles. The molecule has 3 saturated carbocycles. The minimum Gasteiger partial charge on any atom is -0.462 e. The monoisotopic (exact) mass is 1120 g/mol. The quantitative estimate of drug-likeness (QED) is 0.0836. The fraction of sp³-hybridized carbons (Fsp3) is 0.927. The molecule has 9 aliphatic rings. The zero-order valence-electron chi connectivity index (χ0n) is 46.7. The van der Waals surface area contributed by atoms with E-state index in [2.05, 4.69) is 13.0 Å². The molecule has 9 rings (SSSR count). The summed E-state index contributed by atoms with van der Waals surface area (Å²) in [5.41, 5.74) is -3.75. The van der Waals surface area contributed by atoms with Crippen molar-refractivity contribution in [2.45, 2.75) is 279 Å². The van der Waals surface area contributed by atoms with Gasteiger partial charge >= 0.3 is 5.97 Å². The highest BCUT2D eigenvalue weighted by molar-refractivity contribution is 5.80. The zero-order chi connectivity index (χ0) is 56.6. The van der Waals surface area contributed by atoms with Crippen LogP contribution in [-0.4, -0.2) is 226 Å². The van der Waals surface area contributed by atoms with Crippen molar-refractivity contribution in [1.29, 1.82) is 0 Å². The van der Waals surface area contributed by atoms with E-state index in [0.717, 1.165) is 5.57 Å². The number of aliphatic hydroxyl groups excluding tert-OH is 6. The molecule has 0 unspecified atom stereocenters. The van der Waals surface area contributed by atoms with E-state index < -0.39 is 182 Å². The molecule has 0 aromatic heterocycles. The van der Waals surface area contributed by atoms with Gasteiger partial charge in [-0.3, -0.25) is 9.59 Å². The van der Waals surface area contributed by atoms with Crippen LogP contribution in [0.15, 0.2) is 11.6 Å². The first-order valence-corrected chi connectivity index (χ1v) is 28.2. The standard InChI is InChI=1S/C55H88O23/c1-24(57)32-13-16-55(65)53(32,8)39(72-29(6)58)22-38-52(7)14-12-31(17-30(52)11-15-54(38,55)64)73-42-20-35(66-9)49(27(4)70-42)77-41-19-34(60)47(25(2)69-41)75-40-18-33(59)48(26(3)68-40)76-43-21-36(67-10)50(28(5)71-43)78-51-46(63)45(62)44(61)37(23-56)74-51/h11,25-28,31-51,56,59-65H,12-23H2,1-10H3/t25-,26-,27-,28-,31-,32-,33-,34-,35-,36-,37+,38-,39-,40+,41+,42+,43+,44+,45-,46+,47-,48-,49-,50-,51-,52+,53+,54-,55+/m1/s1. The molecular weight excluding hydrogens is 1030 g/mol. The Hall–Kier alpha value is -1.92. The Kier molecular flexibility index (Phi) is 18.4. The number of rotatable bonds is 15. The SMILES string of the molecule is CO[C@@H]1C[C@H](O[C@@H]2CC[C@@]3(C)C(=CC[C@@]4(O)[C@@H]3C[C@@H](OC(C)=O)[C@]3(C)[C@@H](C(C)=O)CC[C@]34O)C2)O[C@H](C)[C@H]1O[C@H]1C[C@@H](O)[C@H](O[C@H]2C[C@@H](O)[C@H](O[C@H]3C[C@@H](OC)[C@H](O[C@H]4O[C@@H](CO)[C@H](O)[C@@H](O)[C@@H]4O)[C@@H](C)O3)[C@@H](C)O2)[C@@H](C)O1. The van der Waals surface area contributed by atoms with E-state index in [4.69, 9.17) is 61.6 Å². The topological polar surface area (TPSA) is 316 Å². The fourth-order valence-corrected chi connectivity index (χ4v) is 15.4. The molecule has 0 amide bonds. The number of aliphatic hydroxyl groups is 8. The molecule has 0 bridgehead atoms. The van der Waals surface area contributed by atoms with Gasteiger partial charge in [-0.1, -0.05) is 25.5 Å². The lowest BCUT2D eigenvalue weighted by Gasteiger charge is -2.66. The summed E-state index contributed by atoms with van der Waals surface area (Å²) in [6.45, 7) is 13.3. The Labute approximate surface area is 456 Å². The molecule has 0 aromatic rings. The third kappa shape index (κ3) is 11.0. The number of methoxy groups -OCH3 is 2. The van der Waals surface area contributed by atoms with Crippen molar-refractivity contribution < 1.29 is 112 Å². The van der Waals surface area contributed by atoms with Crippen molar-refractivity contribution in [3.05, 3.63) is 11.6 Å². The van der Waals surface area contributed by atoms with Crippen LogP contribution in [0.3, 0.4) is 0 Å². The number of carbonyl (C=O) groups excluding carboxylic acids is 2. The molecule has 5 heterocycles. The van der Waals surface area contributed by atoms with Gasteiger partial charge in [0.1, 0.15) is 71.9 Å². The number of hydrogen-bond acceptors (Lipinski definition) is 23. The summed E-state index contributed by atoms with van der Waals surface area (Å²) in [7, 11) is 3.07. The van der Waals surface area contributed by atoms with Crippen molar-refractivity contribution >= 4 is 11.8 Å². The third-order valence-corrected chi connectivity index (χ3v) is 19.8. The number of ether oxygens (including phenoxy) is 13. The average molecular weight is 1120 g/mol. The molecule has 8 fully saturated rings. The minimum absolute atomic E-state index is 0.00645. The highest BCUT2D eigenvalue weighted by Gasteiger charge is 2.77. The second-order valence-electron chi connectivity index (χ2n) is 24.3. The van der Waals surface area contributed by atoms with Gasteiger partial charge in [-0.2, -0.15) is 0 Å². The highest BCUT2D eigenvalue weighted by atomic mass is 16.8. The van der Waals surface area contributed by atoms with Gasteiger partial charge in [-0.25, -0.2) is 0 Å². The summed E-state index contributed by atoms with van der Waals surface area (Å²) in [4.78, 5) is 25.5. The summed E-state index contributed by atoms with van der Waals surface area (Å²) < 4.78 is 80.1. The van der Waals surface area contributed by atoms with Crippen LogP contribution in [0.4, 0.5) is 0 Å². The Balaban J connectivity index is 0.746. The lowest BCUT2D eigenvalue weighted by molar-refractivity contribution is -0.357. The Morgan fingerprint density at radius 1 is 0.641 bits per heavy atom. The van der Waals surface area contributed by atoms with Crippen molar-refractivity contribution in [2.24, 2.45) is 22.7 Å². The van der Waals surface area contributed by atoms with E-state index in [0.29, 0.717) is 38.5 Å². The van der Waals surface area contributed by atoms with Gasteiger partial charge in [0.15, 0.2) is 31.5 Å². The molecule has 0 radical (unpaired) electrons. The van der Waals surface area contributed by atoms with E-state index >= 15 is 0 Å². The second-order valence-corrected chi connectivity index (χ2v) is 24.3. The zero-order valence-corrected chi connectivity index (χ0v) is 46.7. The summed E-state index contributed by atoms with van der Waals surface area (Å²) in [6, 6.07) is 0. The van der Waals surface area contributed by atoms with Crippen molar-refractivity contribution in [3.63, 3.8) is 0 Å². The molecule has 23 nitrogen and oxygen atoms in total. The Morgan fingerprint density at radius 3 is 1.67 bits per heavy atom. The van der Waals surface area contributed by atoms with Crippen LogP contribution >= 0.6 is 0 Å². The van der Waals surface area contributed by atoms with Gasteiger partial charge in [-0.05, 0) is 85.0 Å². The van der Waals surface area contributed by atoms with E-state index in [-0.39, 0.29) is 44.0 Å². The number of carbonyl (C=O) groups is 2. The predicted molar refractivity (Wildman–Crippen MR) is 267 cm³/mol. The van der Waals surface area contributed by atoms with Crippen LogP contribution in [0.5, 0.6) is 0 Å². The molecule has 23 heteroatoms. The third-order valence-electron chi connectivity index (χ3n) is 19.8. The van der Waals surface area contributed by atoms with Crippen LogP contribution in [0.25, 0.3) is 0 Å². The molecule has 0 spiro atoms. The number of Topliss-reactive ketones (excluding diaryl/α,β-unsaturated/α-hetero) is 1. The van der Waals surface area contributed by atoms with Crippen LogP contribution in [-0.2, 0) is 71.2 Å². The summed E-state index contributed by atoms with van der Waals surface area (Å²) in [6.07, 6.45) is -14.7. The van der Waals surface area contributed by atoms with E-state index in [9.17, 15) is 50.4 Å². The maximum Gasteiger partial charge on any atom is 0.302 e. The maximum absolute atomic E-state index is 13.0. The number of fused-ring (bicyclic) bond motifs is 5. The summed E-state index contributed by atoms with van der Waals surface area (Å²) >= 11 is 0. The van der Waals surface area contributed by atoms with E-state index in [1.807, 2.05) is 13.8 Å². The Bertz CT molecular complexity index is 2090. The van der Waals surface area contributed by atoms with Crippen molar-refractivity contribution in [1.82, 2.24) is 0 Å². The molecular formula is C55H88O23. The van der Waals surface area contributed by atoms with Crippen LogP contribution in [0.1, 0.15) is 126 Å². The summed E-state index contributed by atoms with van der Waals surface area (Å²) in [5, 5.41) is 89.0.